The van der Waals surface area contributed by atoms with Crippen LogP contribution in [0.2, 0.25) is 0 Å². The number of hydrogen-bond donors (Lipinski definition) is 1. The number of nitrogens with zero attached hydrogens (tertiary/aromatic N) is 2. The smallest absolute Gasteiger partial charge is 0.175 e. The number of methoxy groups -OCH3 is 1. The molecule has 0 spiro atoms. The molecule has 1 aromatic heterocycles. The van der Waals surface area contributed by atoms with Gasteiger partial charge < -0.3 is 10.1 Å². The fraction of sp³-hybridized carbons (Fsp3) is 0.333. The van der Waals surface area contributed by atoms with Gasteiger partial charge in [0.1, 0.15) is 15.6 Å². The van der Waals surface area contributed by atoms with Crippen LogP contribution in [0.3, 0.4) is 0 Å². The number of nitriles is 1. The van der Waals surface area contributed by atoms with Crippen molar-refractivity contribution in [1.82, 2.24) is 4.98 Å². The van der Waals surface area contributed by atoms with Gasteiger partial charge in [-0.15, -0.1) is 0 Å². The molecule has 1 aliphatic rings. The van der Waals surface area contributed by atoms with Crippen molar-refractivity contribution >= 4 is 30.9 Å². The Morgan fingerprint density at radius 3 is 2.55 bits per heavy atom. The molecule has 164 valence electrons. The van der Waals surface area contributed by atoms with Gasteiger partial charge in [-0.2, -0.15) is 5.26 Å². The lowest BCUT2D eigenvalue weighted by atomic mass is 10.0. The van der Waals surface area contributed by atoms with Crippen LogP contribution in [0.5, 0.6) is 5.75 Å². The summed E-state index contributed by atoms with van der Waals surface area (Å²) in [5.74, 6) is 0.402. The molecule has 1 heterocycles. The number of anilines is 1. The molecule has 3 rings (SSSR count). The Balaban J connectivity index is 1.96. The third-order valence-corrected chi connectivity index (χ3v) is 6.94. The summed E-state index contributed by atoms with van der Waals surface area (Å²) in [7, 11) is -5.02. The molecule has 1 N–H and O–H groups in total. The number of nitrogens with one attached hydrogen (secondary N) is 1. The summed E-state index contributed by atoms with van der Waals surface area (Å²) in [4.78, 5) is 4.84. The fourth-order valence-corrected chi connectivity index (χ4v) is 4.51. The molecule has 0 saturated heterocycles. The summed E-state index contributed by atoms with van der Waals surface area (Å²) in [6.45, 7) is 0.208. The van der Waals surface area contributed by atoms with Crippen LogP contribution < -0.4 is 10.1 Å². The number of allylic oxidation sites excluding steroid dienone is 2. The second-order valence-corrected chi connectivity index (χ2v) is 11.7. The highest BCUT2D eigenvalue weighted by molar-refractivity contribution is 7.91. The predicted molar refractivity (Wildman–Crippen MR) is 119 cm³/mol. The maximum absolute atomic E-state index is 11.8. The lowest BCUT2D eigenvalue weighted by Crippen LogP contribution is -2.15. The first kappa shape index (κ1) is 22.8. The molecular weight excluding hydrogens is 438 g/mol. The van der Waals surface area contributed by atoms with Gasteiger partial charge in [-0.1, -0.05) is 12.1 Å². The van der Waals surface area contributed by atoms with Crippen molar-refractivity contribution < 1.29 is 21.6 Å². The van der Waals surface area contributed by atoms with Gasteiger partial charge in [0.25, 0.3) is 0 Å². The van der Waals surface area contributed by atoms with Crippen LogP contribution in [0.15, 0.2) is 35.2 Å². The minimum Gasteiger partial charge on any atom is -0.496 e. The number of ether oxygens (including phenoxy) is 1. The summed E-state index contributed by atoms with van der Waals surface area (Å²) >= 11 is 0. The monoisotopic (exact) mass is 461 g/mol. The van der Waals surface area contributed by atoms with Crippen LogP contribution in [0, 0.1) is 11.3 Å². The number of rotatable bonds is 8. The van der Waals surface area contributed by atoms with Gasteiger partial charge in [0.05, 0.1) is 35.1 Å². The summed E-state index contributed by atoms with van der Waals surface area (Å²) in [6, 6.07) is 8.66. The second kappa shape index (κ2) is 8.69. The zero-order valence-corrected chi connectivity index (χ0v) is 19.1. The van der Waals surface area contributed by atoms with Crippen molar-refractivity contribution in [2.24, 2.45) is 0 Å². The minimum absolute atomic E-state index is 0.0359. The van der Waals surface area contributed by atoms with E-state index < -0.39 is 19.7 Å². The van der Waals surface area contributed by atoms with Crippen LogP contribution >= 0.6 is 0 Å². The molecule has 0 bridgehead atoms. The molecule has 0 unspecified atom stereocenters. The Hall–Kier alpha value is -2.90. The van der Waals surface area contributed by atoms with Crippen molar-refractivity contribution in [3.05, 3.63) is 52.9 Å². The van der Waals surface area contributed by atoms with E-state index in [4.69, 9.17) is 4.74 Å². The molecule has 0 aliphatic heterocycles. The first-order valence-electron chi connectivity index (χ1n) is 9.44. The van der Waals surface area contributed by atoms with Gasteiger partial charge in [-0.25, -0.2) is 16.8 Å². The second-order valence-electron chi connectivity index (χ2n) is 7.40. The standard InChI is InChI=1S/C21H23N3O5S2/c1-29-20-12-17(31(3,27)28)6-4-14(20)10-16-11-19(23-8-9-30(2,25)26)21-15(13-22)5-7-18(21)24-16/h4-6,11-12H,7-10H2,1-3H3,(H,23,24). The number of fused-ring (bicyclic) bond motifs is 1. The Labute approximate surface area is 182 Å². The van der Waals surface area contributed by atoms with Crippen molar-refractivity contribution in [3.63, 3.8) is 0 Å². The zero-order chi connectivity index (χ0) is 22.8. The van der Waals surface area contributed by atoms with Crippen LogP contribution in [-0.2, 0) is 32.5 Å². The van der Waals surface area contributed by atoms with E-state index in [1.165, 1.54) is 25.5 Å². The van der Waals surface area contributed by atoms with Gasteiger partial charge in [-0.05, 0) is 18.2 Å². The molecule has 10 heteroatoms. The van der Waals surface area contributed by atoms with E-state index in [1.807, 2.05) is 0 Å². The maximum Gasteiger partial charge on any atom is 0.175 e. The van der Waals surface area contributed by atoms with E-state index >= 15 is 0 Å². The van der Waals surface area contributed by atoms with Gasteiger partial charge in [0.2, 0.25) is 0 Å². The normalized spacial score (nSPS) is 13.3. The van der Waals surface area contributed by atoms with Gasteiger partial charge in [-0.3, -0.25) is 4.98 Å². The van der Waals surface area contributed by atoms with Crippen LogP contribution in [0.1, 0.15) is 22.5 Å². The average Bonchev–Trinajstić information content (AvgIpc) is 3.09. The van der Waals surface area contributed by atoms with Crippen LogP contribution in [0.25, 0.3) is 5.57 Å². The van der Waals surface area contributed by atoms with Crippen molar-refractivity contribution in [2.45, 2.75) is 17.7 Å². The topological polar surface area (TPSA) is 126 Å². The number of benzene rings is 1. The van der Waals surface area contributed by atoms with Crippen molar-refractivity contribution in [3.8, 4) is 11.8 Å². The molecule has 0 atom stereocenters. The van der Waals surface area contributed by atoms with Crippen molar-refractivity contribution in [1.29, 1.82) is 5.26 Å². The highest BCUT2D eigenvalue weighted by Crippen LogP contribution is 2.34. The molecule has 8 nitrogen and oxygen atoms in total. The highest BCUT2D eigenvalue weighted by atomic mass is 32.2. The molecule has 0 fully saturated rings. The maximum atomic E-state index is 11.8. The Bertz CT molecular complexity index is 1310. The molecule has 31 heavy (non-hydrogen) atoms. The predicted octanol–water partition coefficient (Wildman–Crippen LogP) is 2.00. The van der Waals surface area contributed by atoms with E-state index in [0.29, 0.717) is 41.1 Å². The number of hydrogen-bond acceptors (Lipinski definition) is 8. The lowest BCUT2D eigenvalue weighted by Gasteiger charge is -2.15. The molecule has 0 amide bonds. The molecule has 2 aromatic rings. The van der Waals surface area contributed by atoms with Crippen LogP contribution in [0.4, 0.5) is 5.69 Å². The number of pyridine rings is 1. The SMILES string of the molecule is COc1cc(S(C)(=O)=O)ccc1Cc1cc(NCCS(C)(=O)=O)c2c(n1)CC=C2C#N. The molecule has 0 radical (unpaired) electrons. The summed E-state index contributed by atoms with van der Waals surface area (Å²) < 4.78 is 52.0. The molecular formula is C21H23N3O5S2. The Kier molecular flexibility index (Phi) is 6.38. The Morgan fingerprint density at radius 2 is 1.94 bits per heavy atom. The van der Waals surface area contributed by atoms with E-state index in [2.05, 4.69) is 16.4 Å². The quantitative estimate of drug-likeness (QED) is 0.633. The van der Waals surface area contributed by atoms with E-state index in [1.54, 1.807) is 18.2 Å². The van der Waals surface area contributed by atoms with Gasteiger partial charge >= 0.3 is 0 Å². The molecule has 0 saturated carbocycles. The molecule has 1 aromatic carbocycles. The average molecular weight is 462 g/mol. The first-order valence-corrected chi connectivity index (χ1v) is 13.4. The van der Waals surface area contributed by atoms with E-state index in [0.717, 1.165) is 17.5 Å². The van der Waals surface area contributed by atoms with E-state index in [9.17, 15) is 22.1 Å². The van der Waals surface area contributed by atoms with Gasteiger partial charge in [0, 0.05) is 54.4 Å². The first-order chi connectivity index (χ1) is 14.5. The van der Waals surface area contributed by atoms with Crippen molar-refractivity contribution in [2.75, 3.05) is 37.2 Å². The number of sulfone groups is 2. The zero-order valence-electron chi connectivity index (χ0n) is 17.5. The Morgan fingerprint density at radius 1 is 1.19 bits per heavy atom. The van der Waals surface area contributed by atoms with E-state index in [-0.39, 0.29) is 17.2 Å². The number of aromatic nitrogens is 1. The fourth-order valence-electron chi connectivity index (χ4n) is 3.40. The highest BCUT2D eigenvalue weighted by Gasteiger charge is 2.22. The third kappa shape index (κ3) is 5.42. The minimum atomic E-state index is -3.36. The largest absolute Gasteiger partial charge is 0.496 e. The summed E-state index contributed by atoms with van der Waals surface area (Å²) in [5.41, 5.74) is 4.04. The molecule has 1 aliphatic carbocycles. The van der Waals surface area contributed by atoms with Gasteiger partial charge in [0.15, 0.2) is 9.84 Å². The summed E-state index contributed by atoms with van der Waals surface area (Å²) in [6.07, 6.45) is 4.99. The summed E-state index contributed by atoms with van der Waals surface area (Å²) in [5, 5.41) is 12.5. The lowest BCUT2D eigenvalue weighted by molar-refractivity contribution is 0.409. The third-order valence-electron chi connectivity index (χ3n) is 4.88. The van der Waals surface area contributed by atoms with Crippen LogP contribution in [-0.4, -0.2) is 53.7 Å².